The Morgan fingerprint density at radius 1 is 1.28 bits per heavy atom. The van der Waals surface area contributed by atoms with Crippen molar-refractivity contribution in [3.05, 3.63) is 29.3 Å². The Morgan fingerprint density at radius 2 is 2.00 bits per heavy atom. The molecular formula is C15H25NO2. The molecule has 1 N–H and O–H groups in total. The minimum absolute atomic E-state index is 0.177. The summed E-state index contributed by atoms with van der Waals surface area (Å²) in [6.07, 6.45) is 1.08. The summed E-state index contributed by atoms with van der Waals surface area (Å²) >= 11 is 0. The smallest absolute Gasteiger partial charge is 0.122 e. The van der Waals surface area contributed by atoms with Crippen molar-refractivity contribution in [2.24, 2.45) is 0 Å². The first-order chi connectivity index (χ1) is 8.58. The normalized spacial score (nSPS) is 14.3. The van der Waals surface area contributed by atoms with Crippen molar-refractivity contribution >= 4 is 0 Å². The molecule has 3 nitrogen and oxygen atoms in total. The van der Waals surface area contributed by atoms with Crippen LogP contribution in [-0.2, 0) is 4.74 Å². The minimum atomic E-state index is 0.177. The van der Waals surface area contributed by atoms with Gasteiger partial charge in [-0.25, -0.2) is 0 Å². The molecule has 0 amide bonds. The number of rotatable bonds is 7. The first-order valence-corrected chi connectivity index (χ1v) is 6.52. The highest BCUT2D eigenvalue weighted by atomic mass is 16.5. The van der Waals surface area contributed by atoms with Gasteiger partial charge in [0, 0.05) is 26.2 Å². The third-order valence-electron chi connectivity index (χ3n) is 3.19. The number of hydrogen-bond acceptors (Lipinski definition) is 3. The van der Waals surface area contributed by atoms with E-state index in [0.29, 0.717) is 6.04 Å². The van der Waals surface area contributed by atoms with Gasteiger partial charge in [-0.1, -0.05) is 12.1 Å². The quantitative estimate of drug-likeness (QED) is 0.808. The number of benzene rings is 1. The van der Waals surface area contributed by atoms with Crippen LogP contribution in [0.5, 0.6) is 5.75 Å². The van der Waals surface area contributed by atoms with Crippen LogP contribution in [0.2, 0.25) is 0 Å². The lowest BCUT2D eigenvalue weighted by molar-refractivity contribution is 0.134. The van der Waals surface area contributed by atoms with Gasteiger partial charge in [-0.15, -0.1) is 0 Å². The lowest BCUT2D eigenvalue weighted by Gasteiger charge is -2.18. The monoisotopic (exact) mass is 251 g/mol. The van der Waals surface area contributed by atoms with E-state index in [1.54, 1.807) is 7.11 Å². The Labute approximate surface area is 110 Å². The molecule has 0 heterocycles. The van der Waals surface area contributed by atoms with E-state index in [9.17, 15) is 0 Å². The van der Waals surface area contributed by atoms with E-state index in [-0.39, 0.29) is 6.10 Å². The van der Waals surface area contributed by atoms with E-state index < -0.39 is 0 Å². The maximum Gasteiger partial charge on any atom is 0.122 e. The number of aryl methyl sites for hydroxylation is 1. The van der Waals surface area contributed by atoms with Gasteiger partial charge in [-0.2, -0.15) is 0 Å². The van der Waals surface area contributed by atoms with Crippen molar-refractivity contribution in [2.45, 2.75) is 39.3 Å². The SMILES string of the molecule is CNC(C)c1ccc(OC(C)CCOC)c(C)c1. The van der Waals surface area contributed by atoms with E-state index in [0.717, 1.165) is 18.8 Å². The van der Waals surface area contributed by atoms with Gasteiger partial charge in [-0.05, 0) is 45.0 Å². The Hall–Kier alpha value is -1.06. The topological polar surface area (TPSA) is 30.5 Å². The maximum atomic E-state index is 5.92. The van der Waals surface area contributed by atoms with Crippen LogP contribution in [0.1, 0.15) is 37.4 Å². The summed E-state index contributed by atoms with van der Waals surface area (Å²) in [6.45, 7) is 7.04. The van der Waals surface area contributed by atoms with Gasteiger partial charge in [0.15, 0.2) is 0 Å². The second-order valence-electron chi connectivity index (χ2n) is 4.75. The largest absolute Gasteiger partial charge is 0.490 e. The van der Waals surface area contributed by atoms with Gasteiger partial charge in [0.25, 0.3) is 0 Å². The minimum Gasteiger partial charge on any atom is -0.490 e. The average molecular weight is 251 g/mol. The van der Waals surface area contributed by atoms with Crippen LogP contribution in [-0.4, -0.2) is 26.9 Å². The Bertz CT molecular complexity index is 366. The van der Waals surface area contributed by atoms with Gasteiger partial charge >= 0.3 is 0 Å². The lowest BCUT2D eigenvalue weighted by atomic mass is 10.1. The van der Waals surface area contributed by atoms with Crippen LogP contribution < -0.4 is 10.1 Å². The zero-order valence-corrected chi connectivity index (χ0v) is 12.1. The summed E-state index contributed by atoms with van der Waals surface area (Å²) in [5.41, 5.74) is 2.46. The molecule has 0 aliphatic heterocycles. The Balaban J connectivity index is 2.67. The summed E-state index contributed by atoms with van der Waals surface area (Å²) in [4.78, 5) is 0. The Morgan fingerprint density at radius 3 is 2.56 bits per heavy atom. The third kappa shape index (κ3) is 4.31. The van der Waals surface area contributed by atoms with Crippen LogP contribution in [0.15, 0.2) is 18.2 Å². The summed E-state index contributed by atoms with van der Waals surface area (Å²) in [5, 5.41) is 3.24. The molecule has 2 atom stereocenters. The van der Waals surface area contributed by atoms with Crippen molar-refractivity contribution in [3.8, 4) is 5.75 Å². The van der Waals surface area contributed by atoms with E-state index in [1.807, 2.05) is 7.05 Å². The molecule has 2 unspecified atom stereocenters. The van der Waals surface area contributed by atoms with Crippen molar-refractivity contribution < 1.29 is 9.47 Å². The molecule has 1 rings (SSSR count). The molecule has 0 radical (unpaired) electrons. The van der Waals surface area contributed by atoms with Crippen LogP contribution in [0, 0.1) is 6.92 Å². The van der Waals surface area contributed by atoms with Gasteiger partial charge in [0.2, 0.25) is 0 Å². The van der Waals surface area contributed by atoms with Gasteiger partial charge < -0.3 is 14.8 Å². The summed E-state index contributed by atoms with van der Waals surface area (Å²) in [5.74, 6) is 0.964. The molecule has 0 fully saturated rings. The van der Waals surface area contributed by atoms with E-state index >= 15 is 0 Å². The number of hydrogen-bond donors (Lipinski definition) is 1. The summed E-state index contributed by atoms with van der Waals surface area (Å²) in [7, 11) is 3.68. The standard InChI is InChI=1S/C15H25NO2/c1-11-10-14(13(3)16-4)6-7-15(11)18-12(2)8-9-17-5/h6-7,10,12-13,16H,8-9H2,1-5H3. The highest BCUT2D eigenvalue weighted by molar-refractivity contribution is 5.37. The Kier molecular flexibility index (Phi) is 6.16. The molecule has 0 aliphatic carbocycles. The second kappa shape index (κ2) is 7.39. The molecule has 3 heteroatoms. The highest BCUT2D eigenvalue weighted by Crippen LogP contribution is 2.23. The zero-order chi connectivity index (χ0) is 13.5. The molecule has 0 saturated carbocycles. The predicted octanol–water partition coefficient (Wildman–Crippen LogP) is 3.08. The van der Waals surface area contributed by atoms with Crippen LogP contribution >= 0.6 is 0 Å². The summed E-state index contributed by atoms with van der Waals surface area (Å²) in [6, 6.07) is 6.72. The average Bonchev–Trinajstić information content (AvgIpc) is 2.37. The molecule has 1 aromatic carbocycles. The van der Waals surface area contributed by atoms with Gasteiger partial charge in [0.05, 0.1) is 6.10 Å². The fourth-order valence-electron chi connectivity index (χ4n) is 1.80. The maximum absolute atomic E-state index is 5.92. The second-order valence-corrected chi connectivity index (χ2v) is 4.75. The van der Waals surface area contributed by atoms with Crippen molar-refractivity contribution in [1.82, 2.24) is 5.32 Å². The van der Waals surface area contributed by atoms with Gasteiger partial charge in [-0.3, -0.25) is 0 Å². The number of methoxy groups -OCH3 is 1. The molecule has 0 spiro atoms. The molecule has 18 heavy (non-hydrogen) atoms. The predicted molar refractivity (Wildman–Crippen MR) is 75.2 cm³/mol. The molecule has 0 saturated heterocycles. The summed E-state index contributed by atoms with van der Waals surface area (Å²) < 4.78 is 11.0. The number of ether oxygens (including phenoxy) is 2. The van der Waals surface area contributed by atoms with E-state index in [4.69, 9.17) is 9.47 Å². The first kappa shape index (κ1) is 15.0. The van der Waals surface area contributed by atoms with Gasteiger partial charge in [0.1, 0.15) is 5.75 Å². The van der Waals surface area contributed by atoms with Crippen LogP contribution in [0.4, 0.5) is 0 Å². The number of nitrogens with one attached hydrogen (secondary N) is 1. The van der Waals surface area contributed by atoms with Crippen molar-refractivity contribution in [2.75, 3.05) is 20.8 Å². The molecular weight excluding hydrogens is 226 g/mol. The molecule has 0 bridgehead atoms. The fourth-order valence-corrected chi connectivity index (χ4v) is 1.80. The zero-order valence-electron chi connectivity index (χ0n) is 12.1. The van der Waals surface area contributed by atoms with Crippen LogP contribution in [0.25, 0.3) is 0 Å². The molecule has 0 aliphatic rings. The lowest BCUT2D eigenvalue weighted by Crippen LogP contribution is -2.15. The first-order valence-electron chi connectivity index (χ1n) is 6.52. The van der Waals surface area contributed by atoms with Crippen molar-refractivity contribution in [1.29, 1.82) is 0 Å². The van der Waals surface area contributed by atoms with Crippen LogP contribution in [0.3, 0.4) is 0 Å². The molecule has 0 aromatic heterocycles. The van der Waals surface area contributed by atoms with E-state index in [1.165, 1.54) is 11.1 Å². The fraction of sp³-hybridized carbons (Fsp3) is 0.600. The highest BCUT2D eigenvalue weighted by Gasteiger charge is 2.09. The third-order valence-corrected chi connectivity index (χ3v) is 3.19. The molecule has 102 valence electrons. The van der Waals surface area contributed by atoms with Crippen molar-refractivity contribution in [3.63, 3.8) is 0 Å². The molecule has 1 aromatic rings. The van der Waals surface area contributed by atoms with E-state index in [2.05, 4.69) is 44.3 Å².